The summed E-state index contributed by atoms with van der Waals surface area (Å²) in [6, 6.07) is 12.2. The zero-order valence-electron chi connectivity index (χ0n) is 17.5. The van der Waals surface area contributed by atoms with Gasteiger partial charge in [0.1, 0.15) is 5.82 Å². The van der Waals surface area contributed by atoms with Gasteiger partial charge in [-0.15, -0.1) is 0 Å². The summed E-state index contributed by atoms with van der Waals surface area (Å²) in [5.74, 6) is -1.05. The molecule has 4 rings (SSSR count). The molecule has 2 fully saturated rings. The number of nitro benzene ring substituents is 1. The minimum absolute atomic E-state index is 0.0363. The van der Waals surface area contributed by atoms with E-state index in [4.69, 9.17) is 4.74 Å². The molecule has 0 spiro atoms. The fourth-order valence-electron chi connectivity index (χ4n) is 4.27. The Labute approximate surface area is 184 Å². The van der Waals surface area contributed by atoms with Gasteiger partial charge in [-0.05, 0) is 42.7 Å². The molecule has 0 unspecified atom stereocenters. The average molecular weight is 441 g/mol. The Morgan fingerprint density at radius 2 is 1.62 bits per heavy atom. The number of carbonyl (C=O) groups excluding carboxylic acids is 2. The van der Waals surface area contributed by atoms with Gasteiger partial charge in [-0.3, -0.25) is 19.7 Å². The van der Waals surface area contributed by atoms with Crippen molar-refractivity contribution in [2.75, 3.05) is 37.7 Å². The number of hydrogen-bond acceptors (Lipinski definition) is 6. The fraction of sp³-hybridized carbons (Fsp3) is 0.391. The van der Waals surface area contributed by atoms with Crippen molar-refractivity contribution in [3.8, 4) is 0 Å². The Morgan fingerprint density at radius 1 is 1.00 bits per heavy atom. The Hall–Kier alpha value is -3.49. The Balaban J connectivity index is 1.29. The maximum absolute atomic E-state index is 13.2. The Kier molecular flexibility index (Phi) is 6.07. The summed E-state index contributed by atoms with van der Waals surface area (Å²) in [5.41, 5.74) is 0.830. The predicted octanol–water partition coefficient (Wildman–Crippen LogP) is 3.05. The zero-order valence-corrected chi connectivity index (χ0v) is 17.5. The van der Waals surface area contributed by atoms with Gasteiger partial charge in [0.05, 0.1) is 10.3 Å². The van der Waals surface area contributed by atoms with Gasteiger partial charge in [0, 0.05) is 44.0 Å². The highest BCUT2D eigenvalue weighted by molar-refractivity contribution is 5.87. The number of carbonyl (C=O) groups is 2. The van der Waals surface area contributed by atoms with Crippen LogP contribution in [0.4, 0.5) is 15.8 Å². The lowest BCUT2D eigenvalue weighted by Crippen LogP contribution is -2.50. The van der Waals surface area contributed by atoms with Gasteiger partial charge in [-0.2, -0.15) is 0 Å². The molecule has 1 heterocycles. The van der Waals surface area contributed by atoms with Gasteiger partial charge in [-0.25, -0.2) is 4.39 Å². The number of halogens is 1. The summed E-state index contributed by atoms with van der Waals surface area (Å²) < 4.78 is 18.6. The molecular formula is C23H24FN3O5. The molecule has 168 valence electrons. The van der Waals surface area contributed by atoms with Crippen LogP contribution in [0.15, 0.2) is 48.5 Å². The summed E-state index contributed by atoms with van der Waals surface area (Å²) in [4.78, 5) is 39.4. The number of amides is 1. The van der Waals surface area contributed by atoms with Crippen LogP contribution in [-0.4, -0.2) is 54.5 Å². The quantitative estimate of drug-likeness (QED) is 0.389. The van der Waals surface area contributed by atoms with Crippen molar-refractivity contribution in [2.45, 2.75) is 24.7 Å². The molecule has 1 saturated carbocycles. The second-order valence-electron chi connectivity index (χ2n) is 8.16. The van der Waals surface area contributed by atoms with Crippen molar-refractivity contribution in [1.82, 2.24) is 4.90 Å². The van der Waals surface area contributed by atoms with Crippen LogP contribution in [0.3, 0.4) is 0 Å². The number of piperazine rings is 1. The number of ether oxygens (including phenoxy) is 1. The molecule has 1 aliphatic heterocycles. The predicted molar refractivity (Wildman–Crippen MR) is 115 cm³/mol. The van der Waals surface area contributed by atoms with Crippen LogP contribution in [0.5, 0.6) is 0 Å². The molecule has 0 aromatic heterocycles. The first-order valence-corrected chi connectivity index (χ1v) is 10.6. The molecular weight excluding hydrogens is 417 g/mol. The van der Waals surface area contributed by atoms with Gasteiger partial charge in [0.15, 0.2) is 6.61 Å². The second-order valence-corrected chi connectivity index (χ2v) is 8.16. The van der Waals surface area contributed by atoms with E-state index in [9.17, 15) is 24.1 Å². The first-order chi connectivity index (χ1) is 15.4. The highest BCUT2D eigenvalue weighted by atomic mass is 19.1. The minimum atomic E-state index is -0.789. The number of benzene rings is 2. The number of hydrogen-bond donors (Lipinski definition) is 0. The van der Waals surface area contributed by atoms with Gasteiger partial charge >= 0.3 is 5.97 Å². The standard InChI is InChI=1S/C23H24FN3O5/c24-18-4-2-17(3-5-18)23(10-1-11-23)22(29)32-16-21(28)26-14-12-25(13-15-26)19-6-8-20(9-7-19)27(30)31/h2-9H,1,10-16H2. The molecule has 9 heteroatoms. The molecule has 0 bridgehead atoms. The number of anilines is 1. The zero-order chi connectivity index (χ0) is 22.7. The summed E-state index contributed by atoms with van der Waals surface area (Å²) in [7, 11) is 0. The van der Waals surface area contributed by atoms with Gasteiger partial charge in [-0.1, -0.05) is 18.6 Å². The second kappa shape index (κ2) is 8.94. The van der Waals surface area contributed by atoms with Crippen LogP contribution in [0.25, 0.3) is 0 Å². The molecule has 2 aromatic carbocycles. The number of rotatable bonds is 6. The molecule has 0 N–H and O–H groups in total. The SMILES string of the molecule is O=C(COC(=O)C1(c2ccc(F)cc2)CCC1)N1CCN(c2ccc([N+](=O)[O-])cc2)CC1. The van der Waals surface area contributed by atoms with E-state index < -0.39 is 16.3 Å². The minimum Gasteiger partial charge on any atom is -0.455 e. The molecule has 2 aromatic rings. The maximum atomic E-state index is 13.2. The van der Waals surface area contributed by atoms with E-state index in [1.54, 1.807) is 29.2 Å². The van der Waals surface area contributed by atoms with Crippen LogP contribution in [0.1, 0.15) is 24.8 Å². The maximum Gasteiger partial charge on any atom is 0.317 e. The number of esters is 1. The first kappa shape index (κ1) is 21.7. The van der Waals surface area contributed by atoms with Crippen molar-refractivity contribution in [3.63, 3.8) is 0 Å². The lowest BCUT2D eigenvalue weighted by atomic mass is 9.64. The molecule has 0 atom stereocenters. The van der Waals surface area contributed by atoms with E-state index in [0.29, 0.717) is 39.0 Å². The van der Waals surface area contributed by atoms with Gasteiger partial charge < -0.3 is 14.5 Å². The third-order valence-electron chi connectivity index (χ3n) is 6.38. The molecule has 2 aliphatic rings. The fourth-order valence-corrected chi connectivity index (χ4v) is 4.27. The van der Waals surface area contributed by atoms with E-state index in [2.05, 4.69) is 4.90 Å². The van der Waals surface area contributed by atoms with Crippen LogP contribution in [-0.2, 0) is 19.7 Å². The van der Waals surface area contributed by atoms with Crippen molar-refractivity contribution in [3.05, 3.63) is 70.0 Å². The number of nitro groups is 1. The number of nitrogens with zero attached hydrogens (tertiary/aromatic N) is 3. The van der Waals surface area contributed by atoms with Crippen molar-refractivity contribution < 1.29 is 23.6 Å². The largest absolute Gasteiger partial charge is 0.455 e. The van der Waals surface area contributed by atoms with Crippen LogP contribution < -0.4 is 4.90 Å². The summed E-state index contributed by atoms with van der Waals surface area (Å²) in [5, 5.41) is 10.8. The molecule has 1 amide bonds. The summed E-state index contributed by atoms with van der Waals surface area (Å²) in [6.45, 7) is 1.78. The third-order valence-corrected chi connectivity index (χ3v) is 6.38. The van der Waals surface area contributed by atoms with Crippen molar-refractivity contribution in [1.29, 1.82) is 0 Å². The molecule has 0 radical (unpaired) electrons. The van der Waals surface area contributed by atoms with Gasteiger partial charge in [0.25, 0.3) is 11.6 Å². The highest BCUT2D eigenvalue weighted by Gasteiger charge is 2.47. The highest BCUT2D eigenvalue weighted by Crippen LogP contribution is 2.44. The summed E-state index contributed by atoms with van der Waals surface area (Å²) >= 11 is 0. The topological polar surface area (TPSA) is 93.0 Å². The van der Waals surface area contributed by atoms with Crippen molar-refractivity contribution >= 4 is 23.3 Å². The van der Waals surface area contributed by atoms with E-state index in [1.807, 2.05) is 0 Å². The third kappa shape index (κ3) is 4.28. The summed E-state index contributed by atoms with van der Waals surface area (Å²) in [6.07, 6.45) is 2.13. The van der Waals surface area contributed by atoms with Crippen LogP contribution >= 0.6 is 0 Å². The van der Waals surface area contributed by atoms with E-state index in [0.717, 1.165) is 17.7 Å². The first-order valence-electron chi connectivity index (χ1n) is 10.6. The van der Waals surface area contributed by atoms with Gasteiger partial charge in [0.2, 0.25) is 0 Å². The lowest BCUT2D eigenvalue weighted by molar-refractivity contribution is -0.384. The van der Waals surface area contributed by atoms with Crippen LogP contribution in [0.2, 0.25) is 0 Å². The Bertz CT molecular complexity index is 997. The molecule has 32 heavy (non-hydrogen) atoms. The molecule has 1 saturated heterocycles. The smallest absolute Gasteiger partial charge is 0.317 e. The van der Waals surface area contributed by atoms with Crippen LogP contribution in [0, 0.1) is 15.9 Å². The van der Waals surface area contributed by atoms with E-state index >= 15 is 0 Å². The van der Waals surface area contributed by atoms with E-state index in [1.165, 1.54) is 24.3 Å². The average Bonchev–Trinajstić information content (AvgIpc) is 2.78. The normalized spacial score (nSPS) is 17.4. The lowest BCUT2D eigenvalue weighted by Gasteiger charge is -2.40. The Morgan fingerprint density at radius 3 is 2.16 bits per heavy atom. The molecule has 1 aliphatic carbocycles. The number of non-ortho nitro benzene ring substituents is 1. The van der Waals surface area contributed by atoms with E-state index in [-0.39, 0.29) is 24.0 Å². The monoisotopic (exact) mass is 441 g/mol. The molecule has 8 nitrogen and oxygen atoms in total. The van der Waals surface area contributed by atoms with Crippen molar-refractivity contribution in [2.24, 2.45) is 0 Å².